The molecule has 1 N–H and O–H groups in total. The third-order valence-electron chi connectivity index (χ3n) is 3.14. The molecule has 0 atom stereocenters. The molecule has 1 heterocycles. The molecule has 2 rings (SSSR count). The number of rotatable bonds is 1. The van der Waals surface area contributed by atoms with Crippen LogP contribution in [0.4, 0.5) is 0 Å². The number of hydrogen-bond acceptors (Lipinski definition) is 2. The summed E-state index contributed by atoms with van der Waals surface area (Å²) in [6, 6.07) is 0.532. The van der Waals surface area contributed by atoms with Crippen LogP contribution in [0.5, 0.6) is 0 Å². The summed E-state index contributed by atoms with van der Waals surface area (Å²) < 4.78 is 0. The van der Waals surface area contributed by atoms with Crippen LogP contribution in [0.25, 0.3) is 0 Å². The number of piperazine rings is 1. The molecule has 2 aliphatic rings. The van der Waals surface area contributed by atoms with E-state index in [0.717, 1.165) is 13.1 Å². The van der Waals surface area contributed by atoms with E-state index < -0.39 is 0 Å². The topological polar surface area (TPSA) is 32.3 Å². The standard InChI is InChI=1S/C10H18N2O/c1-10(2)5-8(6-10)12-4-3-11-7-9(12)13/h8,11H,3-7H2,1-2H3. The first-order valence-electron chi connectivity index (χ1n) is 5.09. The van der Waals surface area contributed by atoms with Gasteiger partial charge in [-0.05, 0) is 18.3 Å². The van der Waals surface area contributed by atoms with Crippen molar-refractivity contribution in [1.29, 1.82) is 0 Å². The SMILES string of the molecule is CC1(C)CC(N2CCNCC2=O)C1. The maximum atomic E-state index is 11.5. The minimum absolute atomic E-state index is 0.284. The Morgan fingerprint density at radius 2 is 2.15 bits per heavy atom. The van der Waals surface area contributed by atoms with E-state index >= 15 is 0 Å². The van der Waals surface area contributed by atoms with Crippen molar-refractivity contribution in [2.24, 2.45) is 5.41 Å². The Kier molecular flexibility index (Phi) is 2.06. The Bertz CT molecular complexity index is 217. The molecular formula is C10H18N2O. The van der Waals surface area contributed by atoms with Crippen LogP contribution in [0.3, 0.4) is 0 Å². The monoisotopic (exact) mass is 182 g/mol. The summed E-state index contributed by atoms with van der Waals surface area (Å²) in [6.07, 6.45) is 2.36. The lowest BCUT2D eigenvalue weighted by molar-refractivity contribution is -0.139. The van der Waals surface area contributed by atoms with E-state index in [9.17, 15) is 4.79 Å². The van der Waals surface area contributed by atoms with Crippen molar-refractivity contribution in [1.82, 2.24) is 10.2 Å². The van der Waals surface area contributed by atoms with Crippen molar-refractivity contribution in [3.05, 3.63) is 0 Å². The van der Waals surface area contributed by atoms with Gasteiger partial charge in [0.25, 0.3) is 0 Å². The van der Waals surface area contributed by atoms with Crippen molar-refractivity contribution >= 4 is 5.91 Å². The van der Waals surface area contributed by atoms with Crippen molar-refractivity contribution in [2.75, 3.05) is 19.6 Å². The van der Waals surface area contributed by atoms with Gasteiger partial charge in [-0.2, -0.15) is 0 Å². The van der Waals surface area contributed by atoms with Gasteiger partial charge in [-0.15, -0.1) is 0 Å². The quantitative estimate of drug-likeness (QED) is 0.644. The Morgan fingerprint density at radius 3 is 2.69 bits per heavy atom. The van der Waals surface area contributed by atoms with E-state index in [4.69, 9.17) is 0 Å². The van der Waals surface area contributed by atoms with E-state index in [1.807, 2.05) is 0 Å². The van der Waals surface area contributed by atoms with Gasteiger partial charge in [0.2, 0.25) is 5.91 Å². The van der Waals surface area contributed by atoms with Crippen LogP contribution in [0.2, 0.25) is 0 Å². The van der Waals surface area contributed by atoms with Crippen LogP contribution >= 0.6 is 0 Å². The van der Waals surface area contributed by atoms with E-state index in [2.05, 4.69) is 24.1 Å². The third-order valence-corrected chi connectivity index (χ3v) is 3.14. The second-order valence-electron chi connectivity index (χ2n) is 4.99. The molecule has 0 aromatic carbocycles. The molecule has 3 nitrogen and oxygen atoms in total. The maximum absolute atomic E-state index is 11.5. The lowest BCUT2D eigenvalue weighted by Crippen LogP contribution is -2.57. The Hall–Kier alpha value is -0.570. The van der Waals surface area contributed by atoms with Gasteiger partial charge < -0.3 is 10.2 Å². The highest BCUT2D eigenvalue weighted by Crippen LogP contribution is 2.42. The lowest BCUT2D eigenvalue weighted by Gasteiger charge is -2.49. The van der Waals surface area contributed by atoms with Crippen molar-refractivity contribution in [2.45, 2.75) is 32.7 Å². The summed E-state index contributed by atoms with van der Waals surface area (Å²) in [4.78, 5) is 13.6. The van der Waals surface area contributed by atoms with Gasteiger partial charge in [-0.3, -0.25) is 4.79 Å². The zero-order valence-corrected chi connectivity index (χ0v) is 8.47. The van der Waals surface area contributed by atoms with E-state index in [1.54, 1.807) is 0 Å². The Labute approximate surface area is 79.5 Å². The molecule has 1 amide bonds. The Morgan fingerprint density at radius 1 is 1.46 bits per heavy atom. The molecule has 3 heteroatoms. The molecule has 0 aromatic heterocycles. The van der Waals surface area contributed by atoms with Crippen LogP contribution in [-0.2, 0) is 4.79 Å². The van der Waals surface area contributed by atoms with Gasteiger partial charge >= 0.3 is 0 Å². The highest BCUT2D eigenvalue weighted by atomic mass is 16.2. The van der Waals surface area contributed by atoms with Crippen molar-refractivity contribution < 1.29 is 4.79 Å². The Balaban J connectivity index is 1.91. The van der Waals surface area contributed by atoms with E-state index in [-0.39, 0.29) is 5.91 Å². The summed E-state index contributed by atoms with van der Waals surface area (Å²) in [5.41, 5.74) is 0.468. The predicted molar refractivity (Wildman–Crippen MR) is 51.4 cm³/mol. The van der Waals surface area contributed by atoms with Gasteiger partial charge in [-0.25, -0.2) is 0 Å². The van der Waals surface area contributed by atoms with Gasteiger partial charge in [0.1, 0.15) is 0 Å². The average molecular weight is 182 g/mol. The normalized spacial score (nSPS) is 28.8. The fourth-order valence-corrected chi connectivity index (χ4v) is 2.44. The molecule has 0 bridgehead atoms. The first-order valence-corrected chi connectivity index (χ1v) is 5.09. The number of hydrogen-bond donors (Lipinski definition) is 1. The van der Waals surface area contributed by atoms with Gasteiger partial charge in [-0.1, -0.05) is 13.8 Å². The third kappa shape index (κ3) is 1.70. The highest BCUT2D eigenvalue weighted by molar-refractivity contribution is 5.79. The minimum atomic E-state index is 0.284. The molecule has 0 spiro atoms. The fraction of sp³-hybridized carbons (Fsp3) is 0.900. The summed E-state index contributed by atoms with van der Waals surface area (Å²) in [5, 5.41) is 3.10. The van der Waals surface area contributed by atoms with Crippen LogP contribution in [-0.4, -0.2) is 36.5 Å². The second kappa shape index (κ2) is 2.98. The number of carbonyl (C=O) groups excluding carboxylic acids is 1. The highest BCUT2D eigenvalue weighted by Gasteiger charge is 2.41. The van der Waals surface area contributed by atoms with E-state index in [1.165, 1.54) is 12.8 Å². The number of amides is 1. The van der Waals surface area contributed by atoms with Crippen LogP contribution < -0.4 is 5.32 Å². The minimum Gasteiger partial charge on any atom is -0.337 e. The number of nitrogens with one attached hydrogen (secondary N) is 1. The predicted octanol–water partition coefficient (Wildman–Crippen LogP) is 0.607. The molecule has 1 saturated heterocycles. The molecule has 2 fully saturated rings. The van der Waals surface area contributed by atoms with Crippen LogP contribution in [0, 0.1) is 5.41 Å². The molecular weight excluding hydrogens is 164 g/mol. The molecule has 0 aromatic rings. The molecule has 1 aliphatic carbocycles. The van der Waals surface area contributed by atoms with Gasteiger partial charge in [0.15, 0.2) is 0 Å². The molecule has 1 aliphatic heterocycles. The van der Waals surface area contributed by atoms with Crippen molar-refractivity contribution in [3.8, 4) is 0 Å². The summed E-state index contributed by atoms with van der Waals surface area (Å²) >= 11 is 0. The molecule has 0 radical (unpaired) electrons. The first-order chi connectivity index (χ1) is 6.08. The summed E-state index contributed by atoms with van der Waals surface area (Å²) in [7, 11) is 0. The van der Waals surface area contributed by atoms with Crippen molar-refractivity contribution in [3.63, 3.8) is 0 Å². The molecule has 1 saturated carbocycles. The summed E-state index contributed by atoms with van der Waals surface area (Å²) in [5.74, 6) is 0.284. The number of carbonyl (C=O) groups is 1. The summed E-state index contributed by atoms with van der Waals surface area (Å²) in [6.45, 7) is 6.95. The molecule has 74 valence electrons. The molecule has 0 unspecified atom stereocenters. The van der Waals surface area contributed by atoms with Crippen LogP contribution in [0.15, 0.2) is 0 Å². The zero-order valence-electron chi connectivity index (χ0n) is 8.47. The fourth-order valence-electron chi connectivity index (χ4n) is 2.44. The van der Waals surface area contributed by atoms with Crippen LogP contribution in [0.1, 0.15) is 26.7 Å². The average Bonchev–Trinajstić information content (AvgIpc) is 2.01. The van der Waals surface area contributed by atoms with Gasteiger partial charge in [0, 0.05) is 19.1 Å². The second-order valence-corrected chi connectivity index (χ2v) is 4.99. The lowest BCUT2D eigenvalue weighted by atomic mass is 9.68. The smallest absolute Gasteiger partial charge is 0.236 e. The largest absolute Gasteiger partial charge is 0.337 e. The zero-order chi connectivity index (χ0) is 9.47. The van der Waals surface area contributed by atoms with Gasteiger partial charge in [0.05, 0.1) is 6.54 Å². The number of nitrogens with zero attached hydrogens (tertiary/aromatic N) is 1. The molecule has 13 heavy (non-hydrogen) atoms. The maximum Gasteiger partial charge on any atom is 0.236 e. The first kappa shape index (κ1) is 9.00. The van der Waals surface area contributed by atoms with E-state index in [0.29, 0.717) is 18.0 Å².